The van der Waals surface area contributed by atoms with Gasteiger partial charge in [-0.1, -0.05) is 37.5 Å². The minimum atomic E-state index is 0. The van der Waals surface area contributed by atoms with Crippen LogP contribution in [-0.2, 0) is 4.74 Å². The average molecular weight is 386 g/mol. The molecule has 3 aliphatic rings. The summed E-state index contributed by atoms with van der Waals surface area (Å²) in [5.74, 6) is 3.16. The van der Waals surface area contributed by atoms with E-state index in [2.05, 4.69) is 23.5 Å². The maximum Gasteiger partial charge on any atom is 0.127 e. The van der Waals surface area contributed by atoms with Crippen molar-refractivity contribution in [2.24, 2.45) is 11.8 Å². The first-order chi connectivity index (χ1) is 12.9. The molecule has 2 heterocycles. The number of fused-ring (bicyclic) bond motifs is 3. The van der Waals surface area contributed by atoms with E-state index in [1.54, 1.807) is 0 Å². The first kappa shape index (κ1) is 18.6. The Labute approximate surface area is 167 Å². The maximum absolute atomic E-state index is 6.21. The first-order valence-corrected chi connectivity index (χ1v) is 10.1. The second-order valence-electron chi connectivity index (χ2n) is 7.98. The molecule has 27 heavy (non-hydrogen) atoms. The Kier molecular flexibility index (Phi) is 5.60. The predicted molar refractivity (Wildman–Crippen MR) is 111 cm³/mol. The first-order valence-electron chi connectivity index (χ1n) is 10.1. The molecule has 5 rings (SSSR count). The standard InChI is InChI=1S/C23H27NO2.ClH/c1-3-7-16(8-4-1)22-19-13-14-25-23(19)20-15-18(11-12-21(20)24-22)26-17-9-5-2-6-10-17;/h2,5-6,9-12,15-16,19,22-24H,1,3-4,7-8,13-14H2;1H/t19-,22+,23-;/m0./s1. The topological polar surface area (TPSA) is 30.5 Å². The summed E-state index contributed by atoms with van der Waals surface area (Å²) in [6, 6.07) is 17.0. The SMILES string of the molecule is Cl.c1ccc(Oc2ccc3c(c2)[C@H]2OCC[C@H]2[C@@H](C2CCCCC2)N3)cc1. The molecule has 0 amide bonds. The van der Waals surface area contributed by atoms with Gasteiger partial charge in [0.1, 0.15) is 11.5 Å². The second-order valence-corrected chi connectivity index (χ2v) is 7.98. The van der Waals surface area contributed by atoms with Crippen molar-refractivity contribution in [3.8, 4) is 11.5 Å². The lowest BCUT2D eigenvalue weighted by Gasteiger charge is -2.42. The molecule has 3 atom stereocenters. The van der Waals surface area contributed by atoms with Crippen LogP contribution < -0.4 is 10.1 Å². The lowest BCUT2D eigenvalue weighted by Crippen LogP contribution is -2.42. The fraction of sp³-hybridized carbons (Fsp3) is 0.478. The number of anilines is 1. The maximum atomic E-state index is 6.21. The number of hydrogen-bond acceptors (Lipinski definition) is 3. The van der Waals surface area contributed by atoms with Crippen LogP contribution in [0, 0.1) is 11.8 Å². The van der Waals surface area contributed by atoms with Crippen LogP contribution in [-0.4, -0.2) is 12.6 Å². The van der Waals surface area contributed by atoms with Crippen LogP contribution in [0.15, 0.2) is 48.5 Å². The highest BCUT2D eigenvalue weighted by atomic mass is 35.5. The van der Waals surface area contributed by atoms with Gasteiger partial charge in [-0.3, -0.25) is 0 Å². The van der Waals surface area contributed by atoms with Gasteiger partial charge in [0.2, 0.25) is 0 Å². The molecule has 1 saturated heterocycles. The molecule has 0 radical (unpaired) electrons. The number of ether oxygens (including phenoxy) is 2. The molecule has 0 aromatic heterocycles. The third-order valence-corrected chi connectivity index (χ3v) is 6.39. The summed E-state index contributed by atoms with van der Waals surface area (Å²) in [4.78, 5) is 0. The quantitative estimate of drug-likeness (QED) is 0.667. The van der Waals surface area contributed by atoms with Crippen molar-refractivity contribution in [2.45, 2.75) is 50.7 Å². The Bertz CT molecular complexity index is 760. The van der Waals surface area contributed by atoms with Crippen molar-refractivity contribution < 1.29 is 9.47 Å². The van der Waals surface area contributed by atoms with E-state index in [0.717, 1.165) is 24.0 Å². The zero-order valence-electron chi connectivity index (χ0n) is 15.6. The third-order valence-electron chi connectivity index (χ3n) is 6.39. The highest BCUT2D eigenvalue weighted by molar-refractivity contribution is 5.85. The van der Waals surface area contributed by atoms with Crippen LogP contribution in [0.25, 0.3) is 0 Å². The smallest absolute Gasteiger partial charge is 0.127 e. The van der Waals surface area contributed by atoms with Crippen LogP contribution in [0.3, 0.4) is 0 Å². The molecular weight excluding hydrogens is 358 g/mol. The molecule has 1 saturated carbocycles. The van der Waals surface area contributed by atoms with Crippen LogP contribution in [0.5, 0.6) is 11.5 Å². The summed E-state index contributed by atoms with van der Waals surface area (Å²) in [7, 11) is 0. The molecule has 1 aliphatic carbocycles. The molecule has 2 aromatic rings. The fourth-order valence-electron chi connectivity index (χ4n) is 5.14. The lowest BCUT2D eigenvalue weighted by molar-refractivity contribution is 0.0730. The van der Waals surface area contributed by atoms with Crippen LogP contribution in [0.4, 0.5) is 5.69 Å². The van der Waals surface area contributed by atoms with Crippen molar-refractivity contribution in [1.29, 1.82) is 0 Å². The fourth-order valence-corrected chi connectivity index (χ4v) is 5.14. The molecule has 0 bridgehead atoms. The van der Waals surface area contributed by atoms with Crippen LogP contribution in [0.1, 0.15) is 50.2 Å². The van der Waals surface area contributed by atoms with Crippen molar-refractivity contribution in [3.63, 3.8) is 0 Å². The van der Waals surface area contributed by atoms with Gasteiger partial charge in [-0.05, 0) is 55.5 Å². The van der Waals surface area contributed by atoms with E-state index >= 15 is 0 Å². The molecule has 0 unspecified atom stereocenters. The Balaban J connectivity index is 0.00000180. The summed E-state index contributed by atoms with van der Waals surface area (Å²) >= 11 is 0. The summed E-state index contributed by atoms with van der Waals surface area (Å²) < 4.78 is 12.3. The number of halogens is 1. The van der Waals surface area contributed by atoms with Gasteiger partial charge in [0.15, 0.2) is 0 Å². The van der Waals surface area contributed by atoms with Gasteiger partial charge >= 0.3 is 0 Å². The van der Waals surface area contributed by atoms with Gasteiger partial charge in [0.05, 0.1) is 6.10 Å². The number of rotatable bonds is 3. The summed E-state index contributed by atoms with van der Waals surface area (Å²) in [6.07, 6.45) is 8.30. The number of benzene rings is 2. The number of para-hydroxylation sites is 1. The Morgan fingerprint density at radius 3 is 2.52 bits per heavy atom. The molecule has 144 valence electrons. The van der Waals surface area contributed by atoms with E-state index in [-0.39, 0.29) is 18.5 Å². The van der Waals surface area contributed by atoms with E-state index in [1.807, 2.05) is 30.3 Å². The summed E-state index contributed by atoms with van der Waals surface area (Å²) in [6.45, 7) is 0.878. The minimum absolute atomic E-state index is 0. The Morgan fingerprint density at radius 1 is 0.889 bits per heavy atom. The largest absolute Gasteiger partial charge is 0.457 e. The molecule has 0 spiro atoms. The van der Waals surface area contributed by atoms with Crippen molar-refractivity contribution in [2.75, 3.05) is 11.9 Å². The third kappa shape index (κ3) is 3.68. The van der Waals surface area contributed by atoms with Gasteiger partial charge in [-0.25, -0.2) is 0 Å². The molecule has 4 heteroatoms. The van der Waals surface area contributed by atoms with Crippen molar-refractivity contribution in [3.05, 3.63) is 54.1 Å². The normalized spacial score (nSPS) is 27.0. The van der Waals surface area contributed by atoms with E-state index in [9.17, 15) is 0 Å². The van der Waals surface area contributed by atoms with Crippen molar-refractivity contribution in [1.82, 2.24) is 0 Å². The predicted octanol–water partition coefficient (Wildman–Crippen LogP) is 6.35. The Morgan fingerprint density at radius 2 is 1.70 bits per heavy atom. The highest BCUT2D eigenvalue weighted by Gasteiger charge is 2.43. The zero-order valence-corrected chi connectivity index (χ0v) is 16.4. The zero-order chi connectivity index (χ0) is 17.3. The van der Waals surface area contributed by atoms with Gasteiger partial charge in [0.25, 0.3) is 0 Å². The van der Waals surface area contributed by atoms with Gasteiger partial charge in [-0.2, -0.15) is 0 Å². The molecule has 2 aliphatic heterocycles. The number of hydrogen-bond donors (Lipinski definition) is 1. The van der Waals surface area contributed by atoms with E-state index in [0.29, 0.717) is 12.0 Å². The minimum Gasteiger partial charge on any atom is -0.457 e. The average Bonchev–Trinajstić information content (AvgIpc) is 3.19. The van der Waals surface area contributed by atoms with Gasteiger partial charge in [0, 0.05) is 29.8 Å². The summed E-state index contributed by atoms with van der Waals surface area (Å²) in [5, 5.41) is 3.89. The van der Waals surface area contributed by atoms with Crippen LogP contribution >= 0.6 is 12.4 Å². The molecular formula is C23H28ClNO2. The summed E-state index contributed by atoms with van der Waals surface area (Å²) in [5.41, 5.74) is 2.51. The van der Waals surface area contributed by atoms with Crippen molar-refractivity contribution >= 4 is 18.1 Å². The highest BCUT2D eigenvalue weighted by Crippen LogP contribution is 2.49. The molecule has 2 aromatic carbocycles. The molecule has 2 fully saturated rings. The second kappa shape index (κ2) is 8.12. The van der Waals surface area contributed by atoms with E-state index < -0.39 is 0 Å². The monoisotopic (exact) mass is 385 g/mol. The number of nitrogens with one attached hydrogen (secondary N) is 1. The van der Waals surface area contributed by atoms with Gasteiger partial charge in [-0.15, -0.1) is 12.4 Å². The Hall–Kier alpha value is -1.71. The molecule has 3 nitrogen and oxygen atoms in total. The van der Waals surface area contributed by atoms with Crippen LogP contribution in [0.2, 0.25) is 0 Å². The molecule has 1 N–H and O–H groups in total. The van der Waals surface area contributed by atoms with E-state index in [4.69, 9.17) is 9.47 Å². The van der Waals surface area contributed by atoms with E-state index in [1.165, 1.54) is 49.8 Å². The lowest BCUT2D eigenvalue weighted by atomic mass is 9.73. The van der Waals surface area contributed by atoms with Gasteiger partial charge < -0.3 is 14.8 Å².